The minimum absolute atomic E-state index is 0.452. The maximum atomic E-state index is 12.0. The topological polar surface area (TPSA) is 55.1 Å². The van der Waals surface area contributed by atoms with Crippen LogP contribution in [0.5, 0.6) is 0 Å². The van der Waals surface area contributed by atoms with Crippen LogP contribution in [0.3, 0.4) is 0 Å². The molecule has 1 unspecified atom stereocenters. The molecule has 1 atom stereocenters. The Kier molecular flexibility index (Phi) is 2.85. The van der Waals surface area contributed by atoms with Crippen LogP contribution in [-0.4, -0.2) is 23.9 Å². The SMILES string of the molecule is CC(NC(=O)C1(N)CCC1)C(F)F. The van der Waals surface area contributed by atoms with Crippen LogP contribution in [0, 0.1) is 0 Å². The molecule has 0 aromatic heterocycles. The molecule has 1 aliphatic rings. The number of carbonyl (C=O) groups excluding carboxylic acids is 1. The summed E-state index contributed by atoms with van der Waals surface area (Å²) in [5, 5.41) is 2.21. The molecule has 0 radical (unpaired) electrons. The van der Waals surface area contributed by atoms with Gasteiger partial charge in [0.15, 0.2) is 0 Å². The molecule has 0 aromatic carbocycles. The molecular weight excluding hydrogens is 178 g/mol. The highest BCUT2D eigenvalue weighted by Crippen LogP contribution is 2.29. The van der Waals surface area contributed by atoms with Crippen LogP contribution in [0.2, 0.25) is 0 Å². The summed E-state index contributed by atoms with van der Waals surface area (Å²) in [5.41, 5.74) is 4.75. The quantitative estimate of drug-likeness (QED) is 0.689. The average Bonchev–Trinajstić information content (AvgIpc) is 1.99. The van der Waals surface area contributed by atoms with Crippen LogP contribution in [0.4, 0.5) is 8.78 Å². The van der Waals surface area contributed by atoms with E-state index < -0.39 is 23.9 Å². The lowest BCUT2D eigenvalue weighted by atomic mass is 9.77. The molecule has 3 N–H and O–H groups in total. The van der Waals surface area contributed by atoms with Gasteiger partial charge in [-0.2, -0.15) is 0 Å². The number of alkyl halides is 2. The molecular formula is C8H14F2N2O. The van der Waals surface area contributed by atoms with Crippen molar-refractivity contribution in [3.05, 3.63) is 0 Å². The third-order valence-electron chi connectivity index (χ3n) is 2.43. The summed E-state index contributed by atoms with van der Waals surface area (Å²) in [7, 11) is 0. The van der Waals surface area contributed by atoms with E-state index in [1.54, 1.807) is 0 Å². The van der Waals surface area contributed by atoms with Gasteiger partial charge in [-0.05, 0) is 26.2 Å². The molecule has 3 nitrogen and oxygen atoms in total. The van der Waals surface area contributed by atoms with Crippen LogP contribution >= 0.6 is 0 Å². The van der Waals surface area contributed by atoms with Gasteiger partial charge in [-0.25, -0.2) is 8.78 Å². The van der Waals surface area contributed by atoms with Crippen molar-refractivity contribution in [2.75, 3.05) is 0 Å². The van der Waals surface area contributed by atoms with Crippen LogP contribution in [0.25, 0.3) is 0 Å². The number of halogens is 2. The molecule has 1 fully saturated rings. The monoisotopic (exact) mass is 192 g/mol. The Labute approximate surface area is 75.7 Å². The molecule has 0 saturated heterocycles. The largest absolute Gasteiger partial charge is 0.346 e. The highest BCUT2D eigenvalue weighted by molar-refractivity contribution is 5.87. The number of nitrogens with one attached hydrogen (secondary N) is 1. The standard InChI is InChI=1S/C8H14F2N2O/c1-5(6(9)10)12-7(13)8(11)3-2-4-8/h5-6H,2-4,11H2,1H3,(H,12,13). The zero-order chi connectivity index (χ0) is 10.1. The second-order valence-corrected chi connectivity index (χ2v) is 3.61. The molecule has 76 valence electrons. The Morgan fingerprint density at radius 1 is 1.54 bits per heavy atom. The molecule has 0 heterocycles. The Hall–Kier alpha value is -0.710. The van der Waals surface area contributed by atoms with Crippen LogP contribution in [0.15, 0.2) is 0 Å². The summed E-state index contributed by atoms with van der Waals surface area (Å²) < 4.78 is 24.1. The van der Waals surface area contributed by atoms with Crippen molar-refractivity contribution in [1.82, 2.24) is 5.32 Å². The van der Waals surface area contributed by atoms with E-state index in [0.717, 1.165) is 6.42 Å². The summed E-state index contributed by atoms with van der Waals surface area (Å²) in [6, 6.07) is -1.12. The fourth-order valence-corrected chi connectivity index (χ4v) is 1.20. The van der Waals surface area contributed by atoms with Gasteiger partial charge in [0.25, 0.3) is 6.43 Å². The maximum absolute atomic E-state index is 12.0. The van der Waals surface area contributed by atoms with Gasteiger partial charge in [0.1, 0.15) is 0 Å². The Bertz CT molecular complexity index is 204. The second kappa shape index (κ2) is 3.57. The van der Waals surface area contributed by atoms with Crippen LogP contribution < -0.4 is 11.1 Å². The number of hydrogen-bond acceptors (Lipinski definition) is 2. The van der Waals surface area contributed by atoms with Crippen molar-refractivity contribution in [2.24, 2.45) is 5.73 Å². The zero-order valence-electron chi connectivity index (χ0n) is 7.52. The van der Waals surface area contributed by atoms with E-state index >= 15 is 0 Å². The fraction of sp³-hybridized carbons (Fsp3) is 0.875. The van der Waals surface area contributed by atoms with Gasteiger partial charge in [0.2, 0.25) is 5.91 Å². The molecule has 1 rings (SSSR count). The average molecular weight is 192 g/mol. The predicted molar refractivity (Wildman–Crippen MR) is 44.4 cm³/mol. The second-order valence-electron chi connectivity index (χ2n) is 3.61. The Morgan fingerprint density at radius 3 is 2.38 bits per heavy atom. The van der Waals surface area contributed by atoms with E-state index in [9.17, 15) is 13.6 Å². The smallest absolute Gasteiger partial charge is 0.258 e. The van der Waals surface area contributed by atoms with E-state index in [4.69, 9.17) is 5.73 Å². The highest BCUT2D eigenvalue weighted by atomic mass is 19.3. The first-order chi connectivity index (χ1) is 5.96. The van der Waals surface area contributed by atoms with E-state index in [1.165, 1.54) is 6.92 Å². The molecule has 0 spiro atoms. The first-order valence-electron chi connectivity index (χ1n) is 4.34. The molecule has 1 saturated carbocycles. The number of nitrogens with two attached hydrogens (primary N) is 1. The lowest BCUT2D eigenvalue weighted by molar-refractivity contribution is -0.131. The minimum Gasteiger partial charge on any atom is -0.346 e. The lowest BCUT2D eigenvalue weighted by Crippen LogP contribution is -2.60. The molecule has 5 heteroatoms. The molecule has 13 heavy (non-hydrogen) atoms. The number of rotatable bonds is 3. The van der Waals surface area contributed by atoms with Gasteiger partial charge in [-0.3, -0.25) is 4.79 Å². The number of carbonyl (C=O) groups is 1. The molecule has 0 aliphatic heterocycles. The van der Waals surface area contributed by atoms with Gasteiger partial charge in [0.05, 0.1) is 11.6 Å². The minimum atomic E-state index is -2.53. The van der Waals surface area contributed by atoms with Crippen molar-refractivity contribution >= 4 is 5.91 Å². The number of hydrogen-bond donors (Lipinski definition) is 2. The van der Waals surface area contributed by atoms with Crippen molar-refractivity contribution in [2.45, 2.75) is 44.2 Å². The van der Waals surface area contributed by atoms with Gasteiger partial charge in [-0.1, -0.05) is 0 Å². The van der Waals surface area contributed by atoms with Crippen molar-refractivity contribution < 1.29 is 13.6 Å². The predicted octanol–water partition coefficient (Wildman–Crippen LogP) is 0.638. The molecule has 1 amide bonds. The Morgan fingerprint density at radius 2 is 2.08 bits per heavy atom. The third kappa shape index (κ3) is 2.15. The van der Waals surface area contributed by atoms with Crippen LogP contribution in [-0.2, 0) is 4.79 Å². The van der Waals surface area contributed by atoms with Gasteiger partial charge in [-0.15, -0.1) is 0 Å². The summed E-state index contributed by atoms with van der Waals surface area (Å²) in [5.74, 6) is -0.452. The zero-order valence-corrected chi connectivity index (χ0v) is 7.52. The van der Waals surface area contributed by atoms with Gasteiger partial charge < -0.3 is 11.1 Å². The Balaban J connectivity index is 2.41. The van der Waals surface area contributed by atoms with Gasteiger partial charge >= 0.3 is 0 Å². The van der Waals surface area contributed by atoms with E-state index in [0.29, 0.717) is 12.8 Å². The third-order valence-corrected chi connectivity index (χ3v) is 2.43. The summed E-state index contributed by atoms with van der Waals surface area (Å²) in [6.45, 7) is 1.27. The first kappa shape index (κ1) is 10.4. The fourth-order valence-electron chi connectivity index (χ4n) is 1.20. The van der Waals surface area contributed by atoms with Crippen molar-refractivity contribution in [1.29, 1.82) is 0 Å². The van der Waals surface area contributed by atoms with E-state index in [2.05, 4.69) is 5.32 Å². The lowest BCUT2D eigenvalue weighted by Gasteiger charge is -2.37. The number of amides is 1. The molecule has 1 aliphatic carbocycles. The van der Waals surface area contributed by atoms with Crippen molar-refractivity contribution in [3.63, 3.8) is 0 Å². The highest BCUT2D eigenvalue weighted by Gasteiger charge is 2.41. The summed E-state index contributed by atoms with van der Waals surface area (Å²) >= 11 is 0. The van der Waals surface area contributed by atoms with Crippen molar-refractivity contribution in [3.8, 4) is 0 Å². The first-order valence-corrected chi connectivity index (χ1v) is 4.34. The summed E-state index contributed by atoms with van der Waals surface area (Å²) in [6.07, 6.45) is -0.455. The van der Waals surface area contributed by atoms with Gasteiger partial charge in [0, 0.05) is 0 Å². The summed E-state index contributed by atoms with van der Waals surface area (Å²) in [4.78, 5) is 11.3. The molecule has 0 bridgehead atoms. The van der Waals surface area contributed by atoms with E-state index in [-0.39, 0.29) is 0 Å². The molecule has 0 aromatic rings. The van der Waals surface area contributed by atoms with E-state index in [1.807, 2.05) is 0 Å². The normalized spacial score (nSPS) is 22.2. The van der Waals surface area contributed by atoms with Crippen LogP contribution in [0.1, 0.15) is 26.2 Å². The maximum Gasteiger partial charge on any atom is 0.258 e.